The van der Waals surface area contributed by atoms with Gasteiger partial charge < -0.3 is 5.11 Å². The molecule has 1 N–H and O–H groups in total. The summed E-state index contributed by atoms with van der Waals surface area (Å²) in [5.41, 5.74) is 2.91. The Morgan fingerprint density at radius 2 is 1.93 bits per heavy atom. The monoisotopic (exact) mass is 192 g/mol. The van der Waals surface area contributed by atoms with Crippen LogP contribution in [-0.2, 0) is 11.8 Å². The molecule has 1 aromatic carbocycles. The molecule has 0 aliphatic rings. The normalized spacial score (nSPS) is 11.7. The van der Waals surface area contributed by atoms with E-state index in [0.29, 0.717) is 0 Å². The van der Waals surface area contributed by atoms with E-state index in [0.717, 1.165) is 12.8 Å². The van der Waals surface area contributed by atoms with Gasteiger partial charge in [0.1, 0.15) is 0 Å². The van der Waals surface area contributed by atoms with Gasteiger partial charge in [0.05, 0.1) is 0 Å². The molecular weight excluding hydrogens is 172 g/mol. The average Bonchev–Trinajstić information content (AvgIpc) is 2.14. The van der Waals surface area contributed by atoms with Crippen LogP contribution in [0.3, 0.4) is 0 Å². The Labute approximate surface area is 86.8 Å². The lowest BCUT2D eigenvalue weighted by Gasteiger charge is -2.19. The van der Waals surface area contributed by atoms with Crippen molar-refractivity contribution >= 4 is 0 Å². The number of hydrogen-bond acceptors (Lipinski definition) is 1. The fraction of sp³-hybridized carbons (Fsp3) is 0.538. The van der Waals surface area contributed by atoms with Crippen LogP contribution in [0.5, 0.6) is 0 Å². The van der Waals surface area contributed by atoms with Crippen LogP contribution in [-0.4, -0.2) is 11.7 Å². The molecule has 78 valence electrons. The zero-order valence-corrected chi connectivity index (χ0v) is 9.38. The van der Waals surface area contributed by atoms with Crippen molar-refractivity contribution in [2.75, 3.05) is 6.61 Å². The summed E-state index contributed by atoms with van der Waals surface area (Å²) in [6.45, 7) is 6.94. The summed E-state index contributed by atoms with van der Waals surface area (Å²) in [7, 11) is 0. The van der Waals surface area contributed by atoms with Crippen molar-refractivity contribution in [3.63, 3.8) is 0 Å². The third-order valence-electron chi connectivity index (χ3n) is 2.42. The molecule has 1 rings (SSSR count). The van der Waals surface area contributed by atoms with Crippen LogP contribution in [0.1, 0.15) is 38.3 Å². The summed E-state index contributed by atoms with van der Waals surface area (Å²) < 4.78 is 0. The average molecular weight is 192 g/mol. The third kappa shape index (κ3) is 3.15. The van der Waals surface area contributed by atoms with Crippen LogP contribution >= 0.6 is 0 Å². The van der Waals surface area contributed by atoms with Gasteiger partial charge in [0.15, 0.2) is 0 Å². The van der Waals surface area contributed by atoms with Crippen molar-refractivity contribution in [1.29, 1.82) is 0 Å². The van der Waals surface area contributed by atoms with E-state index < -0.39 is 0 Å². The molecule has 0 saturated carbocycles. The van der Waals surface area contributed by atoms with Gasteiger partial charge in [-0.05, 0) is 29.4 Å². The largest absolute Gasteiger partial charge is 0.396 e. The Hall–Kier alpha value is -0.820. The van der Waals surface area contributed by atoms with Crippen molar-refractivity contribution < 1.29 is 5.11 Å². The predicted molar refractivity (Wildman–Crippen MR) is 60.5 cm³/mol. The summed E-state index contributed by atoms with van der Waals surface area (Å²) in [6, 6.07) is 8.65. The molecule has 0 bridgehead atoms. The fourth-order valence-corrected chi connectivity index (χ4v) is 1.48. The molecule has 0 aliphatic heterocycles. The van der Waals surface area contributed by atoms with Crippen molar-refractivity contribution in [3.8, 4) is 0 Å². The number of hydrogen-bond donors (Lipinski definition) is 1. The van der Waals surface area contributed by atoms with Crippen molar-refractivity contribution in [2.45, 2.75) is 39.0 Å². The lowest BCUT2D eigenvalue weighted by molar-refractivity contribution is 0.288. The summed E-state index contributed by atoms with van der Waals surface area (Å²) >= 11 is 0. The lowest BCUT2D eigenvalue weighted by Crippen LogP contribution is -2.11. The number of aliphatic hydroxyl groups excluding tert-OH is 1. The molecule has 0 fully saturated rings. The Bertz CT molecular complexity index is 284. The van der Waals surface area contributed by atoms with Gasteiger partial charge >= 0.3 is 0 Å². The minimum Gasteiger partial charge on any atom is -0.396 e. The molecule has 0 saturated heterocycles. The van der Waals surface area contributed by atoms with Crippen molar-refractivity contribution in [1.82, 2.24) is 0 Å². The molecule has 0 aromatic heterocycles. The lowest BCUT2D eigenvalue weighted by atomic mass is 9.86. The second-order valence-corrected chi connectivity index (χ2v) is 4.78. The minimum absolute atomic E-state index is 0.217. The zero-order chi connectivity index (χ0) is 10.6. The Morgan fingerprint density at radius 3 is 2.50 bits per heavy atom. The second kappa shape index (κ2) is 4.61. The Kier molecular flexibility index (Phi) is 3.70. The molecule has 0 spiro atoms. The van der Waals surface area contributed by atoms with Crippen molar-refractivity contribution in [2.24, 2.45) is 0 Å². The van der Waals surface area contributed by atoms with Gasteiger partial charge in [-0.15, -0.1) is 0 Å². The van der Waals surface area contributed by atoms with Gasteiger partial charge in [0.25, 0.3) is 0 Å². The minimum atomic E-state index is 0.217. The van der Waals surface area contributed by atoms with E-state index in [4.69, 9.17) is 5.11 Å². The topological polar surface area (TPSA) is 20.2 Å². The first-order valence-corrected chi connectivity index (χ1v) is 5.24. The van der Waals surface area contributed by atoms with Crippen LogP contribution in [0.4, 0.5) is 0 Å². The molecular formula is C13H20O. The molecule has 1 heteroatoms. The molecule has 0 unspecified atom stereocenters. The molecule has 0 amide bonds. The summed E-state index contributed by atoms with van der Waals surface area (Å²) in [5, 5.41) is 8.76. The van der Waals surface area contributed by atoms with Gasteiger partial charge in [0, 0.05) is 6.61 Å². The summed E-state index contributed by atoms with van der Waals surface area (Å²) in [4.78, 5) is 0. The first kappa shape index (κ1) is 11.3. The Balaban J connectivity index is 2.79. The van der Waals surface area contributed by atoms with Crippen LogP contribution in [0.15, 0.2) is 24.3 Å². The number of aryl methyl sites for hydroxylation is 1. The zero-order valence-electron chi connectivity index (χ0n) is 9.38. The number of aliphatic hydroxyl groups is 1. The Morgan fingerprint density at radius 1 is 1.21 bits per heavy atom. The highest BCUT2D eigenvalue weighted by Crippen LogP contribution is 2.23. The van der Waals surface area contributed by atoms with Gasteiger partial charge in [-0.2, -0.15) is 0 Å². The first-order chi connectivity index (χ1) is 6.54. The third-order valence-corrected chi connectivity index (χ3v) is 2.42. The molecule has 0 heterocycles. The molecule has 1 nitrogen and oxygen atoms in total. The highest BCUT2D eigenvalue weighted by molar-refractivity contribution is 5.28. The van der Waals surface area contributed by atoms with E-state index in [9.17, 15) is 0 Å². The maximum atomic E-state index is 8.76. The smallest absolute Gasteiger partial charge is 0.0434 e. The molecule has 1 aromatic rings. The number of benzene rings is 1. The first-order valence-electron chi connectivity index (χ1n) is 5.24. The summed E-state index contributed by atoms with van der Waals surface area (Å²) in [5.74, 6) is 0. The highest BCUT2D eigenvalue weighted by Gasteiger charge is 2.13. The van der Waals surface area contributed by atoms with Crippen LogP contribution in [0.2, 0.25) is 0 Å². The van der Waals surface area contributed by atoms with Crippen LogP contribution in [0, 0.1) is 0 Å². The van der Waals surface area contributed by atoms with Gasteiger partial charge in [-0.1, -0.05) is 45.0 Å². The van der Waals surface area contributed by atoms with Crippen LogP contribution < -0.4 is 0 Å². The molecule has 0 atom stereocenters. The van der Waals surface area contributed by atoms with E-state index in [1.165, 1.54) is 11.1 Å². The van der Waals surface area contributed by atoms with Gasteiger partial charge in [-0.25, -0.2) is 0 Å². The van der Waals surface area contributed by atoms with E-state index in [1.54, 1.807) is 0 Å². The number of rotatable bonds is 3. The van der Waals surface area contributed by atoms with Crippen LogP contribution in [0.25, 0.3) is 0 Å². The van der Waals surface area contributed by atoms with Gasteiger partial charge in [0.2, 0.25) is 0 Å². The van der Waals surface area contributed by atoms with Gasteiger partial charge in [-0.3, -0.25) is 0 Å². The van der Waals surface area contributed by atoms with E-state index in [-0.39, 0.29) is 12.0 Å². The van der Waals surface area contributed by atoms with E-state index in [2.05, 4.69) is 45.0 Å². The quantitative estimate of drug-likeness (QED) is 0.780. The highest BCUT2D eigenvalue weighted by atomic mass is 16.2. The standard InChI is InChI=1S/C13H20O/c1-13(2,3)12-8-4-6-11(10-12)7-5-9-14/h4,6,8,10,14H,5,7,9H2,1-3H3. The van der Waals surface area contributed by atoms with Crippen molar-refractivity contribution in [3.05, 3.63) is 35.4 Å². The molecule has 14 heavy (non-hydrogen) atoms. The van der Waals surface area contributed by atoms with E-state index in [1.807, 2.05) is 0 Å². The maximum absolute atomic E-state index is 8.76. The maximum Gasteiger partial charge on any atom is 0.0434 e. The molecule has 0 aliphatic carbocycles. The molecule has 0 radical (unpaired) electrons. The fourth-order valence-electron chi connectivity index (χ4n) is 1.48. The summed E-state index contributed by atoms with van der Waals surface area (Å²) in [6.07, 6.45) is 1.83. The second-order valence-electron chi connectivity index (χ2n) is 4.78. The SMILES string of the molecule is CC(C)(C)c1cccc(CCCO)c1. The van der Waals surface area contributed by atoms with E-state index >= 15 is 0 Å². The predicted octanol–water partition coefficient (Wildman–Crippen LogP) is 2.91.